The fourth-order valence-corrected chi connectivity index (χ4v) is 6.12. The Kier molecular flexibility index (Phi) is 5.67. The fourth-order valence-electron chi connectivity index (χ4n) is 4.92. The predicted octanol–water partition coefficient (Wildman–Crippen LogP) is 4.69. The van der Waals surface area contributed by atoms with E-state index in [-0.39, 0.29) is 22.8 Å². The van der Waals surface area contributed by atoms with Crippen molar-refractivity contribution < 1.29 is 12.8 Å². The topological polar surface area (TPSA) is 101 Å². The molecule has 2 heterocycles. The van der Waals surface area contributed by atoms with Crippen molar-refractivity contribution in [1.29, 1.82) is 5.26 Å². The molecule has 2 saturated carbocycles. The summed E-state index contributed by atoms with van der Waals surface area (Å²) in [6, 6.07) is 6.70. The van der Waals surface area contributed by atoms with Crippen LogP contribution in [0.25, 0.3) is 22.4 Å². The Morgan fingerprint density at radius 1 is 1.15 bits per heavy atom. The summed E-state index contributed by atoms with van der Waals surface area (Å²) in [5, 5.41) is 10.5. The van der Waals surface area contributed by atoms with Crippen molar-refractivity contribution in [3.05, 3.63) is 42.0 Å². The molecule has 5 rings (SSSR count). The third-order valence-electron chi connectivity index (χ3n) is 6.84. The molecular weight excluding hydrogens is 441 g/mol. The Balaban J connectivity index is 1.59. The van der Waals surface area contributed by atoms with E-state index in [0.717, 1.165) is 44.0 Å². The lowest BCUT2D eigenvalue weighted by molar-refractivity contribution is 0.362. The lowest BCUT2D eigenvalue weighted by atomic mass is 9.95. The summed E-state index contributed by atoms with van der Waals surface area (Å²) in [6.07, 6.45) is 9.86. The lowest BCUT2D eigenvalue weighted by Gasteiger charge is -2.26. The van der Waals surface area contributed by atoms with Gasteiger partial charge in [0, 0.05) is 17.5 Å². The fraction of sp³-hybridized carbons (Fsp3) is 0.458. The summed E-state index contributed by atoms with van der Waals surface area (Å²) in [6.45, 7) is 1.87. The highest BCUT2D eigenvalue weighted by atomic mass is 32.2. The van der Waals surface area contributed by atoms with Gasteiger partial charge in [-0.25, -0.2) is 27.5 Å². The first-order valence-corrected chi connectivity index (χ1v) is 13.0. The van der Waals surface area contributed by atoms with E-state index in [1.54, 1.807) is 6.07 Å². The van der Waals surface area contributed by atoms with Crippen LogP contribution in [0.5, 0.6) is 0 Å². The summed E-state index contributed by atoms with van der Waals surface area (Å²) < 4.78 is 44.3. The molecule has 0 aliphatic heterocycles. The maximum absolute atomic E-state index is 14.1. The predicted molar refractivity (Wildman–Crippen MR) is 122 cm³/mol. The number of nitrogens with zero attached hydrogens (tertiary/aromatic N) is 4. The molecular formula is C24H26FN5O2S. The maximum Gasteiger partial charge on any atom is 0.243 e. The highest BCUT2D eigenvalue weighted by molar-refractivity contribution is 7.89. The Bertz CT molecular complexity index is 1330. The van der Waals surface area contributed by atoms with E-state index in [4.69, 9.17) is 0 Å². The zero-order valence-corrected chi connectivity index (χ0v) is 19.3. The van der Waals surface area contributed by atoms with Crippen LogP contribution in [0.1, 0.15) is 63.5 Å². The average Bonchev–Trinajstić information content (AvgIpc) is 3.61. The molecule has 0 spiro atoms. The molecule has 0 unspecified atom stereocenters. The van der Waals surface area contributed by atoms with E-state index in [0.29, 0.717) is 22.6 Å². The number of halogens is 1. The lowest BCUT2D eigenvalue weighted by Crippen LogP contribution is -2.34. The van der Waals surface area contributed by atoms with Crippen LogP contribution in [0.2, 0.25) is 0 Å². The van der Waals surface area contributed by atoms with E-state index in [9.17, 15) is 18.1 Å². The first-order valence-electron chi connectivity index (χ1n) is 11.5. The minimum atomic E-state index is -3.74. The van der Waals surface area contributed by atoms with Gasteiger partial charge in [-0.2, -0.15) is 5.26 Å². The summed E-state index contributed by atoms with van der Waals surface area (Å²) in [5.74, 6) is 0.234. The SMILES string of the molecule is C[C@H](NS(=O)(=O)c1cnc(-c2c(C#N)c3cc(F)ccc3n2C2CCCCC2)nc1)C1CC1. The van der Waals surface area contributed by atoms with Gasteiger partial charge in [0.05, 0.1) is 23.5 Å². The zero-order valence-electron chi connectivity index (χ0n) is 18.5. The van der Waals surface area contributed by atoms with Crippen LogP contribution in [0.4, 0.5) is 4.39 Å². The Labute approximate surface area is 192 Å². The van der Waals surface area contributed by atoms with E-state index in [1.165, 1.54) is 30.9 Å². The molecule has 3 aromatic rings. The number of nitriles is 1. The Morgan fingerprint density at radius 3 is 2.48 bits per heavy atom. The van der Waals surface area contributed by atoms with E-state index in [2.05, 4.69) is 25.3 Å². The summed E-state index contributed by atoms with van der Waals surface area (Å²) in [7, 11) is -3.74. The zero-order chi connectivity index (χ0) is 23.2. The molecule has 1 aromatic carbocycles. The third kappa shape index (κ3) is 4.13. The van der Waals surface area contributed by atoms with Crippen LogP contribution >= 0.6 is 0 Å². The van der Waals surface area contributed by atoms with Gasteiger partial charge in [0.15, 0.2) is 5.82 Å². The van der Waals surface area contributed by atoms with Gasteiger partial charge < -0.3 is 4.57 Å². The second kappa shape index (κ2) is 8.50. The molecule has 33 heavy (non-hydrogen) atoms. The first-order chi connectivity index (χ1) is 15.9. The number of aromatic nitrogens is 3. The molecule has 0 bridgehead atoms. The van der Waals surface area contributed by atoms with Crippen LogP contribution in [0, 0.1) is 23.1 Å². The van der Waals surface area contributed by atoms with Crippen molar-refractivity contribution >= 4 is 20.9 Å². The van der Waals surface area contributed by atoms with Gasteiger partial charge in [0.2, 0.25) is 10.0 Å². The molecule has 1 N–H and O–H groups in total. The summed E-state index contributed by atoms with van der Waals surface area (Å²) >= 11 is 0. The number of hydrogen-bond acceptors (Lipinski definition) is 5. The Morgan fingerprint density at radius 2 is 1.85 bits per heavy atom. The number of rotatable bonds is 6. The van der Waals surface area contributed by atoms with Crippen molar-refractivity contribution in [3.63, 3.8) is 0 Å². The minimum Gasteiger partial charge on any atom is -0.334 e. The second-order valence-corrected chi connectivity index (χ2v) is 10.9. The van der Waals surface area contributed by atoms with Crippen LogP contribution in [-0.4, -0.2) is 29.0 Å². The van der Waals surface area contributed by atoms with Gasteiger partial charge in [-0.05, 0) is 56.7 Å². The monoisotopic (exact) mass is 467 g/mol. The number of nitrogens with one attached hydrogen (secondary N) is 1. The third-order valence-corrected chi connectivity index (χ3v) is 8.35. The van der Waals surface area contributed by atoms with E-state index in [1.807, 2.05) is 6.92 Å². The largest absolute Gasteiger partial charge is 0.334 e. The highest BCUT2D eigenvalue weighted by Crippen LogP contribution is 2.40. The Hall–Kier alpha value is -2.83. The molecule has 7 nitrogen and oxygen atoms in total. The smallest absolute Gasteiger partial charge is 0.243 e. The van der Waals surface area contributed by atoms with Gasteiger partial charge >= 0.3 is 0 Å². The molecule has 2 aromatic heterocycles. The van der Waals surface area contributed by atoms with E-state index >= 15 is 0 Å². The van der Waals surface area contributed by atoms with Crippen molar-refractivity contribution in [1.82, 2.24) is 19.3 Å². The first kappa shape index (κ1) is 22.0. The minimum absolute atomic E-state index is 0.0105. The molecule has 1 atom stereocenters. The maximum atomic E-state index is 14.1. The highest BCUT2D eigenvalue weighted by Gasteiger charge is 2.32. The van der Waals surface area contributed by atoms with Crippen molar-refractivity contribution in [3.8, 4) is 17.6 Å². The van der Waals surface area contributed by atoms with Crippen molar-refractivity contribution in [2.24, 2.45) is 5.92 Å². The molecule has 0 radical (unpaired) electrons. The van der Waals surface area contributed by atoms with Crippen LogP contribution < -0.4 is 4.72 Å². The van der Waals surface area contributed by atoms with E-state index < -0.39 is 15.8 Å². The van der Waals surface area contributed by atoms with Crippen LogP contribution in [-0.2, 0) is 10.0 Å². The van der Waals surface area contributed by atoms with Crippen molar-refractivity contribution in [2.75, 3.05) is 0 Å². The molecule has 0 saturated heterocycles. The molecule has 2 aliphatic rings. The summed E-state index contributed by atoms with van der Waals surface area (Å²) in [4.78, 5) is 8.73. The molecule has 9 heteroatoms. The number of fused-ring (bicyclic) bond motifs is 1. The van der Waals surface area contributed by atoms with Crippen molar-refractivity contribution in [2.45, 2.75) is 68.8 Å². The van der Waals surface area contributed by atoms with Crippen LogP contribution in [0.3, 0.4) is 0 Å². The second-order valence-electron chi connectivity index (χ2n) is 9.15. The van der Waals surface area contributed by atoms with Gasteiger partial charge in [-0.3, -0.25) is 0 Å². The van der Waals surface area contributed by atoms with Gasteiger partial charge in [-0.1, -0.05) is 19.3 Å². The molecule has 2 fully saturated rings. The number of benzene rings is 1. The van der Waals surface area contributed by atoms with Gasteiger partial charge in [-0.15, -0.1) is 0 Å². The molecule has 172 valence electrons. The standard InChI is InChI=1S/C24H26FN5O2S/c1-15(16-7-8-16)29-33(31,32)19-13-27-24(28-14-19)23-21(12-26)20-11-17(25)9-10-22(20)30(23)18-5-3-2-4-6-18/h9-11,13-16,18,29H,2-8H2,1H3/t15-/m0/s1. The average molecular weight is 468 g/mol. The quantitative estimate of drug-likeness (QED) is 0.567. The molecule has 0 amide bonds. The van der Waals surface area contributed by atoms with Crippen LogP contribution in [0.15, 0.2) is 35.5 Å². The number of sulfonamides is 1. The van der Waals surface area contributed by atoms with Gasteiger partial charge in [0.1, 0.15) is 22.5 Å². The molecule has 2 aliphatic carbocycles. The summed E-state index contributed by atoms with van der Waals surface area (Å²) in [5.41, 5.74) is 1.61. The normalized spacial score (nSPS) is 18.3. The van der Waals surface area contributed by atoms with Gasteiger partial charge in [0.25, 0.3) is 0 Å². The number of hydrogen-bond donors (Lipinski definition) is 1.